The van der Waals surface area contributed by atoms with Crippen molar-refractivity contribution in [3.8, 4) is 11.3 Å². The van der Waals surface area contributed by atoms with E-state index in [1.165, 1.54) is 18.2 Å². The van der Waals surface area contributed by atoms with Gasteiger partial charge in [-0.15, -0.1) is 0 Å². The SMILES string of the molecule is O=C(O)c1ccc(-c2ccc([N+](=O)[O-])c(F)c2)o1. The molecule has 0 spiro atoms. The first-order valence-electron chi connectivity index (χ1n) is 4.76. The van der Waals surface area contributed by atoms with Crippen molar-refractivity contribution in [1.82, 2.24) is 0 Å². The van der Waals surface area contributed by atoms with Crippen molar-refractivity contribution in [1.29, 1.82) is 0 Å². The molecule has 0 amide bonds. The van der Waals surface area contributed by atoms with Gasteiger partial charge in [0.25, 0.3) is 0 Å². The molecule has 1 N–H and O–H groups in total. The molecule has 6 nitrogen and oxygen atoms in total. The summed E-state index contributed by atoms with van der Waals surface area (Å²) in [6, 6.07) is 5.77. The summed E-state index contributed by atoms with van der Waals surface area (Å²) in [5, 5.41) is 19.1. The van der Waals surface area contributed by atoms with Crippen LogP contribution in [0.25, 0.3) is 11.3 Å². The van der Waals surface area contributed by atoms with Crippen molar-refractivity contribution in [3.05, 3.63) is 52.0 Å². The molecule has 0 atom stereocenters. The Labute approximate surface area is 99.4 Å². The number of nitrogens with zero attached hydrogens (tertiary/aromatic N) is 1. The molecule has 2 rings (SSSR count). The van der Waals surface area contributed by atoms with E-state index < -0.39 is 22.4 Å². The van der Waals surface area contributed by atoms with Crippen molar-refractivity contribution >= 4 is 11.7 Å². The van der Waals surface area contributed by atoms with E-state index in [1.54, 1.807) is 0 Å². The summed E-state index contributed by atoms with van der Waals surface area (Å²) in [6.07, 6.45) is 0. The maximum absolute atomic E-state index is 13.4. The summed E-state index contributed by atoms with van der Waals surface area (Å²) in [6.45, 7) is 0. The molecular weight excluding hydrogens is 245 g/mol. The summed E-state index contributed by atoms with van der Waals surface area (Å²) in [7, 11) is 0. The van der Waals surface area contributed by atoms with Crippen molar-refractivity contribution in [3.63, 3.8) is 0 Å². The van der Waals surface area contributed by atoms with Crippen LogP contribution in [0.15, 0.2) is 34.7 Å². The maximum Gasteiger partial charge on any atom is 0.371 e. The van der Waals surface area contributed by atoms with E-state index in [2.05, 4.69) is 0 Å². The Morgan fingerprint density at radius 2 is 2.06 bits per heavy atom. The van der Waals surface area contributed by atoms with Gasteiger partial charge >= 0.3 is 11.7 Å². The van der Waals surface area contributed by atoms with Gasteiger partial charge in [-0.2, -0.15) is 4.39 Å². The molecule has 0 saturated heterocycles. The van der Waals surface area contributed by atoms with Gasteiger partial charge in [-0.25, -0.2) is 4.79 Å². The Morgan fingerprint density at radius 1 is 1.33 bits per heavy atom. The molecule has 1 aromatic carbocycles. The highest BCUT2D eigenvalue weighted by Gasteiger charge is 2.16. The molecule has 2 aromatic rings. The normalized spacial score (nSPS) is 10.3. The summed E-state index contributed by atoms with van der Waals surface area (Å²) in [5.41, 5.74) is -0.422. The highest BCUT2D eigenvalue weighted by molar-refractivity contribution is 5.85. The molecule has 0 aliphatic carbocycles. The molecule has 0 aliphatic rings. The number of nitro groups is 1. The number of rotatable bonds is 3. The average Bonchev–Trinajstić information content (AvgIpc) is 2.77. The smallest absolute Gasteiger partial charge is 0.371 e. The van der Waals surface area contributed by atoms with Crippen LogP contribution in [0.5, 0.6) is 0 Å². The highest BCUT2D eigenvalue weighted by Crippen LogP contribution is 2.26. The van der Waals surface area contributed by atoms with Gasteiger partial charge in [-0.3, -0.25) is 10.1 Å². The molecule has 0 fully saturated rings. The third kappa shape index (κ3) is 2.05. The number of aromatic carboxylic acids is 1. The van der Waals surface area contributed by atoms with Crippen LogP contribution in [0.4, 0.5) is 10.1 Å². The lowest BCUT2D eigenvalue weighted by Crippen LogP contribution is -1.93. The molecule has 18 heavy (non-hydrogen) atoms. The molecular formula is C11H6FNO5. The lowest BCUT2D eigenvalue weighted by Gasteiger charge is -1.98. The number of hydrogen-bond acceptors (Lipinski definition) is 4. The van der Waals surface area contributed by atoms with E-state index in [0.29, 0.717) is 0 Å². The van der Waals surface area contributed by atoms with Gasteiger partial charge in [0, 0.05) is 11.6 Å². The standard InChI is InChI=1S/C11H6FNO5/c12-7-5-6(1-2-8(7)13(16)17)9-3-4-10(18-9)11(14)15/h1-5H,(H,14,15). The van der Waals surface area contributed by atoms with Crippen LogP contribution in [0.2, 0.25) is 0 Å². The molecule has 0 radical (unpaired) electrons. The van der Waals surface area contributed by atoms with Crippen LogP contribution in [0, 0.1) is 15.9 Å². The second kappa shape index (κ2) is 4.28. The molecule has 0 aliphatic heterocycles. The molecule has 92 valence electrons. The van der Waals surface area contributed by atoms with E-state index in [4.69, 9.17) is 9.52 Å². The Morgan fingerprint density at radius 3 is 2.56 bits per heavy atom. The van der Waals surface area contributed by atoms with Crippen LogP contribution >= 0.6 is 0 Å². The Hall–Kier alpha value is -2.70. The number of carboxylic acid groups (broad SMARTS) is 1. The van der Waals surface area contributed by atoms with Gasteiger partial charge in [-0.1, -0.05) is 0 Å². The second-order valence-corrected chi connectivity index (χ2v) is 3.39. The third-order valence-corrected chi connectivity index (χ3v) is 2.25. The number of halogens is 1. The first kappa shape index (κ1) is 11.8. The van der Waals surface area contributed by atoms with Gasteiger partial charge in [0.1, 0.15) is 5.76 Å². The van der Waals surface area contributed by atoms with Gasteiger partial charge in [0.05, 0.1) is 4.92 Å². The van der Waals surface area contributed by atoms with E-state index >= 15 is 0 Å². The predicted molar refractivity (Wildman–Crippen MR) is 57.7 cm³/mol. The minimum Gasteiger partial charge on any atom is -0.475 e. The zero-order valence-electron chi connectivity index (χ0n) is 8.79. The van der Waals surface area contributed by atoms with Gasteiger partial charge < -0.3 is 9.52 Å². The molecule has 0 bridgehead atoms. The Kier molecular flexibility index (Phi) is 2.80. The molecule has 0 unspecified atom stereocenters. The van der Waals surface area contributed by atoms with E-state index in [0.717, 1.165) is 12.1 Å². The fourth-order valence-electron chi connectivity index (χ4n) is 1.42. The average molecular weight is 251 g/mol. The number of benzene rings is 1. The minimum absolute atomic E-state index is 0.126. The fraction of sp³-hybridized carbons (Fsp3) is 0. The van der Waals surface area contributed by atoms with E-state index in [1.807, 2.05) is 0 Å². The summed E-state index contributed by atoms with van der Waals surface area (Å²) >= 11 is 0. The minimum atomic E-state index is -1.25. The van der Waals surface area contributed by atoms with E-state index in [9.17, 15) is 19.3 Å². The predicted octanol–water partition coefficient (Wildman–Crippen LogP) is 2.69. The fourth-order valence-corrected chi connectivity index (χ4v) is 1.42. The number of carboxylic acids is 1. The van der Waals surface area contributed by atoms with E-state index in [-0.39, 0.29) is 17.1 Å². The Balaban J connectivity index is 2.42. The van der Waals surface area contributed by atoms with Crippen LogP contribution < -0.4 is 0 Å². The first-order valence-corrected chi connectivity index (χ1v) is 4.76. The second-order valence-electron chi connectivity index (χ2n) is 3.39. The topological polar surface area (TPSA) is 93.6 Å². The zero-order valence-corrected chi connectivity index (χ0v) is 8.79. The summed E-state index contributed by atoms with van der Waals surface area (Å²) in [4.78, 5) is 20.2. The zero-order chi connectivity index (χ0) is 13.3. The lowest BCUT2D eigenvalue weighted by atomic mass is 10.1. The number of hydrogen-bond donors (Lipinski definition) is 1. The van der Waals surface area contributed by atoms with Gasteiger partial charge in [0.2, 0.25) is 11.6 Å². The van der Waals surface area contributed by atoms with Crippen LogP contribution in [-0.2, 0) is 0 Å². The molecule has 7 heteroatoms. The maximum atomic E-state index is 13.4. The lowest BCUT2D eigenvalue weighted by molar-refractivity contribution is -0.387. The number of furan rings is 1. The molecule has 1 heterocycles. The van der Waals surface area contributed by atoms with Gasteiger partial charge in [0.15, 0.2) is 0 Å². The van der Waals surface area contributed by atoms with Crippen LogP contribution in [-0.4, -0.2) is 16.0 Å². The quantitative estimate of drug-likeness (QED) is 0.668. The van der Waals surface area contributed by atoms with Crippen LogP contribution in [0.3, 0.4) is 0 Å². The van der Waals surface area contributed by atoms with Crippen molar-refractivity contribution in [2.75, 3.05) is 0 Å². The summed E-state index contributed by atoms with van der Waals surface area (Å²) < 4.78 is 18.3. The monoisotopic (exact) mass is 251 g/mol. The van der Waals surface area contributed by atoms with Crippen molar-refractivity contribution in [2.45, 2.75) is 0 Å². The van der Waals surface area contributed by atoms with Gasteiger partial charge in [-0.05, 0) is 24.3 Å². The first-order chi connectivity index (χ1) is 8.49. The Bertz CT molecular complexity index is 634. The third-order valence-electron chi connectivity index (χ3n) is 2.25. The van der Waals surface area contributed by atoms with Crippen molar-refractivity contribution in [2.24, 2.45) is 0 Å². The molecule has 1 aromatic heterocycles. The number of nitro benzene ring substituents is 1. The van der Waals surface area contributed by atoms with Crippen LogP contribution in [0.1, 0.15) is 10.6 Å². The highest BCUT2D eigenvalue weighted by atomic mass is 19.1. The summed E-state index contributed by atoms with van der Waals surface area (Å²) in [5.74, 6) is -2.42. The van der Waals surface area contributed by atoms with Crippen molar-refractivity contribution < 1.29 is 23.6 Å². The molecule has 0 saturated carbocycles. The largest absolute Gasteiger partial charge is 0.475 e. The number of carbonyl (C=O) groups is 1.